The van der Waals surface area contributed by atoms with Gasteiger partial charge in [0.25, 0.3) is 0 Å². The molecular weight excluding hydrogens is 393 g/mol. The van der Waals surface area contributed by atoms with E-state index in [4.69, 9.17) is 0 Å². The van der Waals surface area contributed by atoms with Crippen molar-refractivity contribution in [3.8, 4) is 11.1 Å². The third kappa shape index (κ3) is 3.60. The van der Waals surface area contributed by atoms with Crippen LogP contribution in [0.5, 0.6) is 0 Å². The second-order valence-electron chi connectivity index (χ2n) is 8.90. The molecule has 0 saturated heterocycles. The fourth-order valence-corrected chi connectivity index (χ4v) is 4.92. The fourth-order valence-electron chi connectivity index (χ4n) is 4.92. The van der Waals surface area contributed by atoms with E-state index in [1.54, 1.807) is 31.2 Å². The maximum atomic E-state index is 15.7. The summed E-state index contributed by atoms with van der Waals surface area (Å²) in [5.41, 5.74) is 2.16. The van der Waals surface area contributed by atoms with Gasteiger partial charge in [0.1, 0.15) is 5.83 Å². The molecule has 0 spiro atoms. The van der Waals surface area contributed by atoms with Gasteiger partial charge >= 0.3 is 0 Å². The van der Waals surface area contributed by atoms with Crippen molar-refractivity contribution in [1.82, 2.24) is 0 Å². The highest BCUT2D eigenvalue weighted by Crippen LogP contribution is 2.52. The summed E-state index contributed by atoms with van der Waals surface area (Å²) < 4.78 is 46.4. The number of hydrogen-bond acceptors (Lipinski definition) is 0. The monoisotopic (exact) mass is 420 g/mol. The largest absolute Gasteiger partial charge is 0.206 e. The minimum Gasteiger partial charge on any atom is -0.206 e. The van der Waals surface area contributed by atoms with Crippen LogP contribution in [0.15, 0.2) is 84.3 Å². The molecule has 3 aliphatic rings. The molecule has 0 amide bonds. The second kappa shape index (κ2) is 8.03. The molecule has 3 heteroatoms. The summed E-state index contributed by atoms with van der Waals surface area (Å²) in [4.78, 5) is 0. The second-order valence-corrected chi connectivity index (χ2v) is 8.90. The fraction of sp³-hybridized carbons (Fsp3) is 0.286. The molecule has 2 bridgehead atoms. The average molecular weight is 421 g/mol. The van der Waals surface area contributed by atoms with Gasteiger partial charge in [-0.25, -0.2) is 13.2 Å². The Morgan fingerprint density at radius 2 is 1.74 bits per heavy atom. The first-order chi connectivity index (χ1) is 14.7. The Labute approximate surface area is 182 Å². The van der Waals surface area contributed by atoms with E-state index in [1.807, 2.05) is 31.2 Å². The van der Waals surface area contributed by atoms with Crippen molar-refractivity contribution in [2.24, 2.45) is 5.92 Å². The number of fused-ring (bicyclic) bond motifs is 4. The molecule has 0 aliphatic heterocycles. The molecule has 1 saturated carbocycles. The zero-order chi connectivity index (χ0) is 22.3. The number of allylic oxidation sites excluding steroid dienone is 6. The van der Waals surface area contributed by atoms with E-state index in [0.29, 0.717) is 35.5 Å². The van der Waals surface area contributed by atoms with Gasteiger partial charge in [0.05, 0.1) is 0 Å². The van der Waals surface area contributed by atoms with Gasteiger partial charge in [-0.15, -0.1) is 0 Å². The Morgan fingerprint density at radius 1 is 1.03 bits per heavy atom. The third-order valence-corrected chi connectivity index (χ3v) is 6.70. The Kier molecular flexibility index (Phi) is 5.55. The van der Waals surface area contributed by atoms with E-state index >= 15 is 13.2 Å². The van der Waals surface area contributed by atoms with Gasteiger partial charge < -0.3 is 0 Å². The number of aryl methyl sites for hydroxylation is 1. The molecular formula is C28H27F3. The highest BCUT2D eigenvalue weighted by molar-refractivity contribution is 5.67. The Hall–Kier alpha value is -2.81. The first kappa shape index (κ1) is 21.4. The molecule has 1 fully saturated rings. The summed E-state index contributed by atoms with van der Waals surface area (Å²) in [6, 6.07) is 10.5. The predicted octanol–water partition coefficient (Wildman–Crippen LogP) is 8.29. The zero-order valence-corrected chi connectivity index (χ0v) is 18.1. The van der Waals surface area contributed by atoms with Crippen molar-refractivity contribution >= 4 is 0 Å². The Morgan fingerprint density at radius 3 is 2.35 bits per heavy atom. The normalized spacial score (nSPS) is 24.7. The van der Waals surface area contributed by atoms with Gasteiger partial charge in [-0.2, -0.15) is 0 Å². The molecule has 3 aliphatic carbocycles. The smallest absolute Gasteiger partial charge is 0.166 e. The number of rotatable bonds is 3. The molecule has 1 unspecified atom stereocenters. The van der Waals surface area contributed by atoms with E-state index in [1.165, 1.54) is 0 Å². The molecule has 0 aromatic heterocycles. The zero-order valence-electron chi connectivity index (χ0n) is 18.1. The van der Waals surface area contributed by atoms with E-state index in [0.717, 1.165) is 18.4 Å². The van der Waals surface area contributed by atoms with Gasteiger partial charge in [0, 0.05) is 22.1 Å². The molecule has 2 aromatic carbocycles. The van der Waals surface area contributed by atoms with Crippen LogP contribution in [0.25, 0.3) is 11.1 Å². The maximum Gasteiger partial charge on any atom is 0.166 e. The van der Waals surface area contributed by atoms with Crippen LogP contribution >= 0.6 is 0 Å². The molecule has 5 rings (SSSR count). The van der Waals surface area contributed by atoms with Crippen molar-refractivity contribution < 1.29 is 13.2 Å². The SMILES string of the molecule is C=C(C)C(F)=C1C(=C)CCC2C=C[C@]1(c1ccc(-c3ccc(C)cc3)c(F)c1F)CC2. The standard InChI is InChI=1S/C28H27F3/c1-17(2)25(29)24-19(4)7-8-20-13-15-28(24,16-14-20)23-12-11-22(26(30)27(23)31)21-9-5-18(3)6-10-21/h5-6,9-13,15,20H,1,4,7-8,14,16H2,2-3H3/t20?,28-/m1/s1. The number of benzene rings is 2. The maximum absolute atomic E-state index is 15.7. The molecule has 0 nitrogen and oxygen atoms in total. The topological polar surface area (TPSA) is 0 Å². The molecule has 160 valence electrons. The summed E-state index contributed by atoms with van der Waals surface area (Å²) in [5.74, 6) is -1.97. The van der Waals surface area contributed by atoms with Crippen molar-refractivity contribution in [3.63, 3.8) is 0 Å². The summed E-state index contributed by atoms with van der Waals surface area (Å²) in [6.07, 6.45) is 6.69. The highest BCUT2D eigenvalue weighted by atomic mass is 19.2. The lowest BCUT2D eigenvalue weighted by molar-refractivity contribution is 0.382. The predicted molar refractivity (Wildman–Crippen MR) is 121 cm³/mol. The molecule has 0 heterocycles. The lowest BCUT2D eigenvalue weighted by Gasteiger charge is -2.42. The van der Waals surface area contributed by atoms with Crippen LogP contribution in [0.1, 0.15) is 43.7 Å². The lowest BCUT2D eigenvalue weighted by Crippen LogP contribution is -2.35. The van der Waals surface area contributed by atoms with Crippen LogP contribution in [-0.2, 0) is 5.41 Å². The van der Waals surface area contributed by atoms with Crippen LogP contribution in [0.3, 0.4) is 0 Å². The van der Waals surface area contributed by atoms with Crippen molar-refractivity contribution in [1.29, 1.82) is 0 Å². The Bertz CT molecular complexity index is 1120. The van der Waals surface area contributed by atoms with Gasteiger partial charge in [-0.3, -0.25) is 0 Å². The lowest BCUT2D eigenvalue weighted by atomic mass is 9.61. The molecule has 0 N–H and O–H groups in total. The third-order valence-electron chi connectivity index (χ3n) is 6.70. The van der Waals surface area contributed by atoms with E-state index in [9.17, 15) is 0 Å². The van der Waals surface area contributed by atoms with Crippen molar-refractivity contribution in [2.45, 2.75) is 44.9 Å². The summed E-state index contributed by atoms with van der Waals surface area (Å²) in [6.45, 7) is 11.4. The molecule has 2 aromatic rings. The van der Waals surface area contributed by atoms with Crippen LogP contribution < -0.4 is 0 Å². The quantitative estimate of drug-likeness (QED) is 0.438. The van der Waals surface area contributed by atoms with Crippen LogP contribution in [-0.4, -0.2) is 0 Å². The van der Waals surface area contributed by atoms with Crippen molar-refractivity contribution in [2.75, 3.05) is 0 Å². The molecule has 0 radical (unpaired) electrons. The van der Waals surface area contributed by atoms with E-state index in [2.05, 4.69) is 13.2 Å². The van der Waals surface area contributed by atoms with E-state index < -0.39 is 22.9 Å². The van der Waals surface area contributed by atoms with Crippen LogP contribution in [0.4, 0.5) is 13.2 Å². The summed E-state index contributed by atoms with van der Waals surface area (Å²) in [5, 5.41) is 0. The van der Waals surface area contributed by atoms with Gasteiger partial charge in [0.2, 0.25) is 0 Å². The number of halogens is 3. The summed E-state index contributed by atoms with van der Waals surface area (Å²) in [7, 11) is 0. The average Bonchev–Trinajstić information content (AvgIpc) is 2.74. The Balaban J connectivity index is 1.95. The first-order valence-corrected chi connectivity index (χ1v) is 10.7. The van der Waals surface area contributed by atoms with Gasteiger partial charge in [0.15, 0.2) is 11.6 Å². The number of hydrogen-bond donors (Lipinski definition) is 0. The van der Waals surface area contributed by atoms with Gasteiger partial charge in [-0.05, 0) is 62.2 Å². The molecule has 2 atom stereocenters. The van der Waals surface area contributed by atoms with Crippen LogP contribution in [0.2, 0.25) is 0 Å². The van der Waals surface area contributed by atoms with Gasteiger partial charge in [-0.1, -0.05) is 67.3 Å². The molecule has 31 heavy (non-hydrogen) atoms. The van der Waals surface area contributed by atoms with Crippen molar-refractivity contribution in [3.05, 3.63) is 107 Å². The van der Waals surface area contributed by atoms with E-state index in [-0.39, 0.29) is 16.7 Å². The minimum atomic E-state index is -1.09. The summed E-state index contributed by atoms with van der Waals surface area (Å²) >= 11 is 0. The minimum absolute atomic E-state index is 0.157. The first-order valence-electron chi connectivity index (χ1n) is 10.7. The highest BCUT2D eigenvalue weighted by Gasteiger charge is 2.43. The van der Waals surface area contributed by atoms with Crippen LogP contribution in [0, 0.1) is 24.5 Å².